The van der Waals surface area contributed by atoms with Crippen LogP contribution in [0.5, 0.6) is 0 Å². The molecule has 0 unspecified atom stereocenters. The summed E-state index contributed by atoms with van der Waals surface area (Å²) in [7, 11) is 0. The second-order valence-electron chi connectivity index (χ2n) is 6.81. The first kappa shape index (κ1) is 13.1. The number of rotatable bonds is 0. The van der Waals surface area contributed by atoms with Crippen molar-refractivity contribution in [3.05, 3.63) is 23.3 Å². The second kappa shape index (κ2) is 4.00. The van der Waals surface area contributed by atoms with Crippen LogP contribution in [0.25, 0.3) is 0 Å². The quantitative estimate of drug-likeness (QED) is 0.639. The zero-order chi connectivity index (χ0) is 15.5. The Morgan fingerprint density at radius 1 is 0.727 bits per heavy atom. The van der Waals surface area contributed by atoms with E-state index < -0.39 is 10.8 Å². The highest BCUT2D eigenvalue weighted by atomic mass is 14.7. The maximum absolute atomic E-state index is 9.76. The van der Waals surface area contributed by atoms with Crippen LogP contribution in [0.4, 0.5) is 0 Å². The lowest BCUT2D eigenvalue weighted by atomic mass is 9.35. The van der Waals surface area contributed by atoms with Gasteiger partial charge in [-0.05, 0) is 37.5 Å². The molecule has 0 aromatic carbocycles. The molecule has 0 amide bonds. The van der Waals surface area contributed by atoms with E-state index in [-0.39, 0.29) is 23.7 Å². The molecule has 4 nitrogen and oxygen atoms in total. The fourth-order valence-electron chi connectivity index (χ4n) is 5.46. The maximum atomic E-state index is 9.76. The van der Waals surface area contributed by atoms with Gasteiger partial charge in [-0.15, -0.1) is 0 Å². The standard InChI is InChI=1S/C18H14N4/c19-7-17(8-20)13-5-6-14(18(17,9-21)10-22)16-12-4-2-1-3-11(12)15(13)16/h5-6,13-16H,1-4H2/t13-,14-,15-,16-/m0/s1. The van der Waals surface area contributed by atoms with Gasteiger partial charge in [0.2, 0.25) is 0 Å². The molecule has 0 N–H and O–H groups in total. The van der Waals surface area contributed by atoms with E-state index in [0.717, 1.165) is 25.7 Å². The molecule has 0 aromatic rings. The summed E-state index contributed by atoms with van der Waals surface area (Å²) in [4.78, 5) is 0. The molecule has 5 rings (SSSR count). The van der Waals surface area contributed by atoms with Gasteiger partial charge in [-0.2, -0.15) is 21.0 Å². The van der Waals surface area contributed by atoms with E-state index >= 15 is 0 Å². The van der Waals surface area contributed by atoms with Crippen molar-refractivity contribution in [2.75, 3.05) is 0 Å². The molecule has 4 heteroatoms. The minimum atomic E-state index is -1.55. The van der Waals surface area contributed by atoms with Gasteiger partial charge in [-0.1, -0.05) is 23.3 Å². The summed E-state index contributed by atoms with van der Waals surface area (Å²) in [6.07, 6.45) is 8.29. The second-order valence-corrected chi connectivity index (χ2v) is 6.81. The summed E-state index contributed by atoms with van der Waals surface area (Å²) in [5, 5.41) is 39.0. The first-order valence-electron chi connectivity index (χ1n) is 7.76. The van der Waals surface area contributed by atoms with Gasteiger partial charge in [0.15, 0.2) is 10.8 Å². The minimum absolute atomic E-state index is 0.194. The van der Waals surface area contributed by atoms with E-state index in [1.165, 1.54) is 11.1 Å². The molecule has 0 saturated heterocycles. The molecule has 22 heavy (non-hydrogen) atoms. The molecule has 2 bridgehead atoms. The molecule has 1 saturated carbocycles. The Bertz CT molecular complexity index is 695. The lowest BCUT2D eigenvalue weighted by Crippen LogP contribution is -2.64. The van der Waals surface area contributed by atoms with E-state index in [2.05, 4.69) is 24.3 Å². The van der Waals surface area contributed by atoms with Crippen LogP contribution in [0.2, 0.25) is 0 Å². The monoisotopic (exact) mass is 286 g/mol. The van der Waals surface area contributed by atoms with Crippen LogP contribution in [0.3, 0.4) is 0 Å². The van der Waals surface area contributed by atoms with Gasteiger partial charge in [0.25, 0.3) is 0 Å². The highest BCUT2D eigenvalue weighted by Crippen LogP contribution is 2.71. The van der Waals surface area contributed by atoms with E-state index in [0.29, 0.717) is 0 Å². The van der Waals surface area contributed by atoms with Crippen molar-refractivity contribution in [1.82, 2.24) is 0 Å². The highest BCUT2D eigenvalue weighted by Gasteiger charge is 2.74. The van der Waals surface area contributed by atoms with Crippen LogP contribution in [0.15, 0.2) is 23.3 Å². The van der Waals surface area contributed by atoms with Crippen molar-refractivity contribution in [2.45, 2.75) is 25.7 Å². The summed E-state index contributed by atoms with van der Waals surface area (Å²) in [5.74, 6) is -0.263. The molecule has 0 aliphatic heterocycles. The number of fused-ring (bicyclic) bond motifs is 1. The van der Waals surface area contributed by atoms with E-state index in [1.54, 1.807) is 0 Å². The van der Waals surface area contributed by atoms with Crippen LogP contribution in [0.1, 0.15) is 25.7 Å². The topological polar surface area (TPSA) is 95.2 Å². The third-order valence-corrected chi connectivity index (χ3v) is 6.37. The predicted molar refractivity (Wildman–Crippen MR) is 75.9 cm³/mol. The van der Waals surface area contributed by atoms with Crippen molar-refractivity contribution in [2.24, 2.45) is 34.5 Å². The van der Waals surface area contributed by atoms with Crippen molar-refractivity contribution in [1.29, 1.82) is 21.0 Å². The Kier molecular flexibility index (Phi) is 2.39. The number of hydrogen-bond acceptors (Lipinski definition) is 4. The lowest BCUT2D eigenvalue weighted by molar-refractivity contribution is -0.0125. The molecular formula is C18H14N4. The van der Waals surface area contributed by atoms with Crippen molar-refractivity contribution in [3.8, 4) is 24.3 Å². The summed E-state index contributed by atoms with van der Waals surface area (Å²) in [6.45, 7) is 0. The molecule has 0 radical (unpaired) electrons. The first-order chi connectivity index (χ1) is 10.7. The van der Waals surface area contributed by atoms with Gasteiger partial charge < -0.3 is 0 Å². The van der Waals surface area contributed by atoms with Crippen molar-refractivity contribution < 1.29 is 0 Å². The highest BCUT2D eigenvalue weighted by molar-refractivity contribution is 5.53. The van der Waals surface area contributed by atoms with Gasteiger partial charge >= 0.3 is 0 Å². The van der Waals surface area contributed by atoms with E-state index in [1.807, 2.05) is 12.2 Å². The smallest absolute Gasteiger partial charge is 0.182 e. The van der Waals surface area contributed by atoms with Crippen LogP contribution < -0.4 is 0 Å². The first-order valence-corrected chi connectivity index (χ1v) is 7.76. The summed E-state index contributed by atoms with van der Waals surface area (Å²) in [6, 6.07) is 8.37. The average Bonchev–Trinajstić information content (AvgIpc) is 2.57. The Balaban J connectivity index is 1.97. The van der Waals surface area contributed by atoms with Crippen molar-refractivity contribution in [3.63, 3.8) is 0 Å². The normalized spacial score (nSPS) is 38.4. The molecule has 106 valence electrons. The molecule has 4 atom stereocenters. The molecule has 1 fully saturated rings. The van der Waals surface area contributed by atoms with Gasteiger partial charge in [0.05, 0.1) is 24.3 Å². The van der Waals surface area contributed by atoms with Gasteiger partial charge in [-0.25, -0.2) is 0 Å². The molecule has 0 spiro atoms. The Hall–Kier alpha value is -2.56. The zero-order valence-electron chi connectivity index (χ0n) is 12.1. The molecular weight excluding hydrogens is 272 g/mol. The zero-order valence-corrected chi connectivity index (χ0v) is 12.1. The molecule has 0 heterocycles. The fraction of sp³-hybridized carbons (Fsp3) is 0.556. The fourth-order valence-corrected chi connectivity index (χ4v) is 5.46. The summed E-state index contributed by atoms with van der Waals surface area (Å²) in [5.41, 5.74) is -0.273. The minimum Gasteiger partial charge on any atom is -0.196 e. The van der Waals surface area contributed by atoms with E-state index in [4.69, 9.17) is 0 Å². The number of allylic oxidation sites excluding steroid dienone is 4. The van der Waals surface area contributed by atoms with Crippen LogP contribution in [-0.4, -0.2) is 0 Å². The van der Waals surface area contributed by atoms with Crippen LogP contribution >= 0.6 is 0 Å². The van der Waals surface area contributed by atoms with E-state index in [9.17, 15) is 21.0 Å². The summed E-state index contributed by atoms with van der Waals surface area (Å²) >= 11 is 0. The SMILES string of the molecule is N#CC1(C#N)[C@H]2C=C[C@@H]([C@@H]3C4=C(CCCC4)[C@H]32)C1(C#N)C#N. The Morgan fingerprint density at radius 2 is 1.09 bits per heavy atom. The third-order valence-electron chi connectivity index (χ3n) is 6.37. The van der Waals surface area contributed by atoms with Gasteiger partial charge in [0, 0.05) is 11.8 Å². The summed E-state index contributed by atoms with van der Waals surface area (Å²) < 4.78 is 0. The predicted octanol–water partition coefficient (Wildman–Crippen LogP) is 2.99. The molecule has 5 aliphatic carbocycles. The number of nitrogens with zero attached hydrogens (tertiary/aromatic N) is 4. The Labute approximate surface area is 129 Å². The molecule has 0 aromatic heterocycles. The van der Waals surface area contributed by atoms with Crippen molar-refractivity contribution >= 4 is 0 Å². The number of hydrogen-bond donors (Lipinski definition) is 0. The average molecular weight is 286 g/mol. The lowest BCUT2D eigenvalue weighted by Gasteiger charge is -2.63. The Morgan fingerprint density at radius 3 is 1.41 bits per heavy atom. The third kappa shape index (κ3) is 1.07. The van der Waals surface area contributed by atoms with Gasteiger partial charge in [0.1, 0.15) is 0 Å². The van der Waals surface area contributed by atoms with Gasteiger partial charge in [-0.3, -0.25) is 0 Å². The number of nitriles is 4. The largest absolute Gasteiger partial charge is 0.196 e. The van der Waals surface area contributed by atoms with Crippen LogP contribution in [0, 0.1) is 79.8 Å². The molecule has 5 aliphatic rings. The van der Waals surface area contributed by atoms with Crippen LogP contribution in [-0.2, 0) is 0 Å². The maximum Gasteiger partial charge on any atom is 0.182 e.